The zero-order chi connectivity index (χ0) is 15.4. The first-order valence-corrected chi connectivity index (χ1v) is 7.20. The maximum absolute atomic E-state index is 13.5. The molecule has 1 aromatic carbocycles. The summed E-state index contributed by atoms with van der Waals surface area (Å²) in [5.74, 6) is 0.459. The standard InChI is InChI=1S/C16H17FN4O/c17-13-5-1-2-6-14(13)20-16(22)19-12-8-10-21(11-12)15-7-3-4-9-18-15/h1-7,9,12H,8,10-11H2,(H2,19,20,22)/t12-/m0/s1. The number of carbonyl (C=O) groups is 1. The Labute approximate surface area is 128 Å². The van der Waals surface area contributed by atoms with E-state index in [0.29, 0.717) is 6.54 Å². The molecule has 1 aliphatic rings. The predicted octanol–water partition coefficient (Wildman–Crippen LogP) is 2.62. The summed E-state index contributed by atoms with van der Waals surface area (Å²) in [6.07, 6.45) is 2.59. The Bertz CT molecular complexity index is 650. The van der Waals surface area contributed by atoms with Gasteiger partial charge in [-0.15, -0.1) is 0 Å². The number of halogens is 1. The zero-order valence-corrected chi connectivity index (χ0v) is 12.0. The number of benzene rings is 1. The fraction of sp³-hybridized carbons (Fsp3) is 0.250. The Morgan fingerprint density at radius 3 is 2.82 bits per heavy atom. The lowest BCUT2D eigenvalue weighted by atomic mass is 10.2. The smallest absolute Gasteiger partial charge is 0.319 e. The molecule has 114 valence electrons. The van der Waals surface area contributed by atoms with E-state index in [1.165, 1.54) is 12.1 Å². The van der Waals surface area contributed by atoms with Crippen LogP contribution in [0.1, 0.15) is 6.42 Å². The first kappa shape index (κ1) is 14.3. The molecule has 0 aliphatic carbocycles. The zero-order valence-electron chi connectivity index (χ0n) is 12.0. The lowest BCUT2D eigenvalue weighted by Gasteiger charge is -2.18. The van der Waals surface area contributed by atoms with Crippen molar-refractivity contribution in [2.45, 2.75) is 12.5 Å². The molecular formula is C16H17FN4O. The molecular weight excluding hydrogens is 283 g/mol. The summed E-state index contributed by atoms with van der Waals surface area (Å²) in [6, 6.07) is 11.5. The van der Waals surface area contributed by atoms with Crippen molar-refractivity contribution >= 4 is 17.5 Å². The molecule has 2 heterocycles. The molecule has 6 heteroatoms. The summed E-state index contributed by atoms with van der Waals surface area (Å²) in [5, 5.41) is 5.40. The van der Waals surface area contributed by atoms with Crippen LogP contribution in [0.4, 0.5) is 20.7 Å². The Hall–Kier alpha value is -2.63. The first-order chi connectivity index (χ1) is 10.7. The van der Waals surface area contributed by atoms with E-state index in [1.807, 2.05) is 18.2 Å². The van der Waals surface area contributed by atoms with Crippen molar-refractivity contribution in [1.29, 1.82) is 0 Å². The largest absolute Gasteiger partial charge is 0.354 e. The topological polar surface area (TPSA) is 57.3 Å². The lowest BCUT2D eigenvalue weighted by Crippen LogP contribution is -2.40. The Morgan fingerprint density at radius 2 is 2.05 bits per heavy atom. The maximum atomic E-state index is 13.5. The second-order valence-electron chi connectivity index (χ2n) is 5.20. The van der Waals surface area contributed by atoms with Gasteiger partial charge < -0.3 is 15.5 Å². The highest BCUT2D eigenvalue weighted by Gasteiger charge is 2.24. The van der Waals surface area contributed by atoms with Crippen molar-refractivity contribution in [3.63, 3.8) is 0 Å². The van der Waals surface area contributed by atoms with E-state index >= 15 is 0 Å². The van der Waals surface area contributed by atoms with E-state index < -0.39 is 11.8 Å². The molecule has 5 nitrogen and oxygen atoms in total. The van der Waals surface area contributed by atoms with Gasteiger partial charge in [-0.3, -0.25) is 0 Å². The molecule has 1 atom stereocenters. The fourth-order valence-electron chi connectivity index (χ4n) is 2.53. The van der Waals surface area contributed by atoms with Gasteiger partial charge in [-0.05, 0) is 30.7 Å². The number of carbonyl (C=O) groups excluding carboxylic acids is 1. The van der Waals surface area contributed by atoms with Crippen LogP contribution < -0.4 is 15.5 Å². The molecule has 22 heavy (non-hydrogen) atoms. The molecule has 0 spiro atoms. The molecule has 0 radical (unpaired) electrons. The molecule has 0 saturated carbocycles. The summed E-state index contributed by atoms with van der Waals surface area (Å²) in [4.78, 5) is 18.4. The normalized spacial score (nSPS) is 17.3. The number of anilines is 2. The van der Waals surface area contributed by atoms with Crippen LogP contribution in [0.3, 0.4) is 0 Å². The van der Waals surface area contributed by atoms with Gasteiger partial charge in [0.25, 0.3) is 0 Å². The van der Waals surface area contributed by atoms with Crippen LogP contribution in [0, 0.1) is 5.82 Å². The van der Waals surface area contributed by atoms with E-state index in [4.69, 9.17) is 0 Å². The van der Waals surface area contributed by atoms with Crippen molar-refractivity contribution < 1.29 is 9.18 Å². The Morgan fingerprint density at radius 1 is 1.23 bits per heavy atom. The van der Waals surface area contributed by atoms with Crippen LogP contribution >= 0.6 is 0 Å². The van der Waals surface area contributed by atoms with Gasteiger partial charge in [-0.1, -0.05) is 18.2 Å². The molecule has 1 aliphatic heterocycles. The van der Waals surface area contributed by atoms with Crippen LogP contribution in [0.2, 0.25) is 0 Å². The van der Waals surface area contributed by atoms with E-state index in [0.717, 1.165) is 18.8 Å². The first-order valence-electron chi connectivity index (χ1n) is 7.20. The summed E-state index contributed by atoms with van der Waals surface area (Å²) in [6.45, 7) is 1.53. The Balaban J connectivity index is 1.54. The summed E-state index contributed by atoms with van der Waals surface area (Å²) < 4.78 is 13.5. The molecule has 0 bridgehead atoms. The molecule has 2 aromatic rings. The molecule has 1 saturated heterocycles. The van der Waals surface area contributed by atoms with E-state index in [1.54, 1.807) is 18.3 Å². The second-order valence-corrected chi connectivity index (χ2v) is 5.20. The minimum Gasteiger partial charge on any atom is -0.354 e. The van der Waals surface area contributed by atoms with Crippen molar-refractivity contribution in [2.75, 3.05) is 23.3 Å². The van der Waals surface area contributed by atoms with Crippen molar-refractivity contribution in [3.8, 4) is 0 Å². The quantitative estimate of drug-likeness (QED) is 0.916. The minimum atomic E-state index is -0.445. The third-order valence-corrected chi connectivity index (χ3v) is 3.62. The van der Waals surface area contributed by atoms with Crippen molar-refractivity contribution in [3.05, 3.63) is 54.5 Å². The highest BCUT2D eigenvalue weighted by atomic mass is 19.1. The molecule has 3 rings (SSSR count). The molecule has 1 fully saturated rings. The number of nitrogens with zero attached hydrogens (tertiary/aromatic N) is 2. The van der Waals surface area contributed by atoms with Crippen LogP contribution in [0.25, 0.3) is 0 Å². The monoisotopic (exact) mass is 300 g/mol. The van der Waals surface area contributed by atoms with Gasteiger partial charge in [0.05, 0.1) is 5.69 Å². The number of pyridine rings is 1. The van der Waals surface area contributed by atoms with Gasteiger partial charge in [-0.2, -0.15) is 0 Å². The number of urea groups is 1. The average Bonchev–Trinajstić information content (AvgIpc) is 2.99. The van der Waals surface area contributed by atoms with Gasteiger partial charge in [0, 0.05) is 25.3 Å². The Kier molecular flexibility index (Phi) is 4.18. The van der Waals surface area contributed by atoms with Gasteiger partial charge >= 0.3 is 6.03 Å². The van der Waals surface area contributed by atoms with Gasteiger partial charge in [0.2, 0.25) is 0 Å². The van der Waals surface area contributed by atoms with Crippen LogP contribution in [-0.4, -0.2) is 30.1 Å². The third-order valence-electron chi connectivity index (χ3n) is 3.62. The van der Waals surface area contributed by atoms with E-state index in [-0.39, 0.29) is 11.7 Å². The highest BCUT2D eigenvalue weighted by Crippen LogP contribution is 2.17. The molecule has 0 unspecified atom stereocenters. The molecule has 1 aromatic heterocycles. The summed E-state index contributed by atoms with van der Waals surface area (Å²) >= 11 is 0. The predicted molar refractivity (Wildman–Crippen MR) is 83.4 cm³/mol. The number of hydrogen-bond acceptors (Lipinski definition) is 3. The second kappa shape index (κ2) is 6.43. The highest BCUT2D eigenvalue weighted by molar-refractivity contribution is 5.89. The third kappa shape index (κ3) is 3.33. The molecule has 2 N–H and O–H groups in total. The SMILES string of the molecule is O=C(Nc1ccccc1F)N[C@H]1CCN(c2ccccn2)C1. The number of para-hydroxylation sites is 1. The van der Waals surface area contributed by atoms with Crippen molar-refractivity contribution in [1.82, 2.24) is 10.3 Å². The minimum absolute atomic E-state index is 0.0220. The number of hydrogen-bond donors (Lipinski definition) is 2. The maximum Gasteiger partial charge on any atom is 0.319 e. The summed E-state index contributed by atoms with van der Waals surface area (Å²) in [5.41, 5.74) is 0.180. The van der Waals surface area contributed by atoms with Gasteiger partial charge in [-0.25, -0.2) is 14.2 Å². The van der Waals surface area contributed by atoms with E-state index in [2.05, 4.69) is 20.5 Å². The molecule has 2 amide bonds. The van der Waals surface area contributed by atoms with Crippen LogP contribution in [-0.2, 0) is 0 Å². The number of nitrogens with one attached hydrogen (secondary N) is 2. The van der Waals surface area contributed by atoms with Gasteiger partial charge in [0.15, 0.2) is 0 Å². The average molecular weight is 300 g/mol. The fourth-order valence-corrected chi connectivity index (χ4v) is 2.53. The summed E-state index contributed by atoms with van der Waals surface area (Å²) in [7, 11) is 0. The van der Waals surface area contributed by atoms with Crippen LogP contribution in [0.5, 0.6) is 0 Å². The van der Waals surface area contributed by atoms with Crippen LogP contribution in [0.15, 0.2) is 48.7 Å². The lowest BCUT2D eigenvalue weighted by molar-refractivity contribution is 0.249. The number of rotatable bonds is 3. The van der Waals surface area contributed by atoms with Crippen molar-refractivity contribution in [2.24, 2.45) is 0 Å². The number of aromatic nitrogens is 1. The number of amides is 2. The van der Waals surface area contributed by atoms with Gasteiger partial charge in [0.1, 0.15) is 11.6 Å². The van der Waals surface area contributed by atoms with E-state index in [9.17, 15) is 9.18 Å².